The first kappa shape index (κ1) is 16.8. The maximum atomic E-state index is 11.7. The summed E-state index contributed by atoms with van der Waals surface area (Å²) in [6, 6.07) is 5.45. The number of ether oxygens (including phenoxy) is 1. The summed E-state index contributed by atoms with van der Waals surface area (Å²) in [5.41, 5.74) is 6.82. The van der Waals surface area contributed by atoms with Gasteiger partial charge in [-0.25, -0.2) is 0 Å². The summed E-state index contributed by atoms with van der Waals surface area (Å²) in [5, 5.41) is 6.34. The smallest absolute Gasteiger partial charge is 0.252 e. The maximum absolute atomic E-state index is 11.7. The number of methoxy groups -OCH3 is 1. The van der Waals surface area contributed by atoms with E-state index in [1.807, 2.05) is 6.07 Å². The maximum Gasteiger partial charge on any atom is 0.252 e. The van der Waals surface area contributed by atoms with Gasteiger partial charge in [-0.1, -0.05) is 11.6 Å². The summed E-state index contributed by atoms with van der Waals surface area (Å²) in [4.78, 5) is 11.7. The van der Waals surface area contributed by atoms with Gasteiger partial charge in [0.1, 0.15) is 0 Å². The van der Waals surface area contributed by atoms with Crippen LogP contribution in [0, 0.1) is 0 Å². The van der Waals surface area contributed by atoms with Crippen LogP contribution in [0.3, 0.4) is 0 Å². The van der Waals surface area contributed by atoms with Crippen molar-refractivity contribution in [2.24, 2.45) is 5.73 Å². The Hall–Kier alpha value is -1.30. The molecule has 1 unspecified atom stereocenters. The van der Waals surface area contributed by atoms with Crippen LogP contribution in [-0.2, 0) is 4.74 Å². The molecule has 1 aromatic carbocycles. The third kappa shape index (κ3) is 5.00. The molecule has 5 nitrogen and oxygen atoms in total. The Labute approximate surface area is 124 Å². The molecule has 1 aromatic rings. The van der Waals surface area contributed by atoms with Crippen molar-refractivity contribution < 1.29 is 9.53 Å². The third-order valence-corrected chi connectivity index (χ3v) is 3.26. The standard InChI is InChI=1S/C14H22ClN3O2/c1-17-14(19)12-8-10(5-6-13(12)15)18-11(9-20-2)4-3-7-16/h5-6,8,11,18H,3-4,7,9,16H2,1-2H3,(H,17,19). The van der Waals surface area contributed by atoms with Gasteiger partial charge in [0.25, 0.3) is 5.91 Å². The van der Waals surface area contributed by atoms with E-state index in [1.54, 1.807) is 26.3 Å². The Kier molecular flexibility index (Phi) is 7.36. The molecule has 0 aliphatic carbocycles. The molecule has 0 saturated carbocycles. The number of halogens is 1. The summed E-state index contributed by atoms with van der Waals surface area (Å²) in [5.74, 6) is -0.205. The minimum atomic E-state index is -0.205. The van der Waals surface area contributed by atoms with E-state index >= 15 is 0 Å². The topological polar surface area (TPSA) is 76.4 Å². The highest BCUT2D eigenvalue weighted by atomic mass is 35.5. The Bertz CT molecular complexity index is 440. The summed E-state index contributed by atoms with van der Waals surface area (Å²) in [7, 11) is 3.24. The fourth-order valence-corrected chi connectivity index (χ4v) is 2.13. The molecule has 112 valence electrons. The molecular formula is C14H22ClN3O2. The largest absolute Gasteiger partial charge is 0.383 e. The van der Waals surface area contributed by atoms with Crippen LogP contribution in [0.4, 0.5) is 5.69 Å². The van der Waals surface area contributed by atoms with Gasteiger partial charge in [-0.2, -0.15) is 0 Å². The van der Waals surface area contributed by atoms with Gasteiger partial charge in [-0.05, 0) is 37.6 Å². The van der Waals surface area contributed by atoms with Gasteiger partial charge >= 0.3 is 0 Å². The lowest BCUT2D eigenvalue weighted by atomic mass is 10.1. The second kappa shape index (κ2) is 8.79. The van der Waals surface area contributed by atoms with Crippen LogP contribution in [0.25, 0.3) is 0 Å². The van der Waals surface area contributed by atoms with E-state index in [1.165, 1.54) is 0 Å². The van der Waals surface area contributed by atoms with E-state index in [4.69, 9.17) is 22.1 Å². The van der Waals surface area contributed by atoms with Crippen LogP contribution >= 0.6 is 11.6 Å². The number of anilines is 1. The van der Waals surface area contributed by atoms with Gasteiger partial charge in [0.15, 0.2) is 0 Å². The van der Waals surface area contributed by atoms with Gasteiger partial charge in [0.2, 0.25) is 0 Å². The van der Waals surface area contributed by atoms with Crippen LogP contribution in [0.1, 0.15) is 23.2 Å². The average molecular weight is 300 g/mol. The molecule has 0 heterocycles. The van der Waals surface area contributed by atoms with Crippen LogP contribution in [0.2, 0.25) is 5.02 Å². The number of carbonyl (C=O) groups is 1. The Morgan fingerprint density at radius 3 is 2.85 bits per heavy atom. The van der Waals surface area contributed by atoms with Crippen molar-refractivity contribution in [2.75, 3.05) is 32.6 Å². The minimum absolute atomic E-state index is 0.155. The zero-order valence-corrected chi connectivity index (χ0v) is 12.7. The minimum Gasteiger partial charge on any atom is -0.383 e. The number of hydrogen-bond acceptors (Lipinski definition) is 4. The van der Waals surface area contributed by atoms with Crippen molar-refractivity contribution in [2.45, 2.75) is 18.9 Å². The first-order valence-corrected chi connectivity index (χ1v) is 6.97. The van der Waals surface area contributed by atoms with E-state index in [9.17, 15) is 4.79 Å². The number of carbonyl (C=O) groups excluding carboxylic acids is 1. The molecule has 1 amide bonds. The molecule has 0 aliphatic rings. The van der Waals surface area contributed by atoms with E-state index < -0.39 is 0 Å². The number of rotatable bonds is 8. The number of benzene rings is 1. The molecule has 0 saturated heterocycles. The highest BCUT2D eigenvalue weighted by Crippen LogP contribution is 2.21. The first-order valence-electron chi connectivity index (χ1n) is 6.59. The van der Waals surface area contributed by atoms with Gasteiger partial charge in [0.05, 0.1) is 17.2 Å². The van der Waals surface area contributed by atoms with E-state index in [2.05, 4.69) is 10.6 Å². The molecule has 0 bridgehead atoms. The molecule has 0 aliphatic heterocycles. The lowest BCUT2D eigenvalue weighted by Gasteiger charge is -2.19. The highest BCUT2D eigenvalue weighted by Gasteiger charge is 2.12. The van der Waals surface area contributed by atoms with E-state index in [0.717, 1.165) is 18.5 Å². The van der Waals surface area contributed by atoms with Crippen LogP contribution in [-0.4, -0.2) is 39.3 Å². The quantitative estimate of drug-likeness (QED) is 0.685. The molecule has 0 fully saturated rings. The molecule has 0 aromatic heterocycles. The molecule has 4 N–H and O–H groups in total. The highest BCUT2D eigenvalue weighted by molar-refractivity contribution is 6.34. The molecule has 1 rings (SSSR count). The SMILES string of the molecule is CNC(=O)c1cc(NC(CCCN)COC)ccc1Cl. The van der Waals surface area contributed by atoms with Gasteiger partial charge in [-0.3, -0.25) is 4.79 Å². The van der Waals surface area contributed by atoms with Gasteiger partial charge < -0.3 is 21.1 Å². The van der Waals surface area contributed by atoms with Crippen molar-refractivity contribution in [3.05, 3.63) is 28.8 Å². The van der Waals surface area contributed by atoms with Gasteiger partial charge in [0, 0.05) is 25.9 Å². The normalized spacial score (nSPS) is 12.0. The summed E-state index contributed by atoms with van der Waals surface area (Å²) in [6.45, 7) is 1.23. The summed E-state index contributed by atoms with van der Waals surface area (Å²) < 4.78 is 5.19. The fourth-order valence-electron chi connectivity index (χ4n) is 1.92. The Morgan fingerprint density at radius 1 is 1.50 bits per heavy atom. The van der Waals surface area contributed by atoms with Crippen LogP contribution < -0.4 is 16.4 Å². The monoisotopic (exact) mass is 299 g/mol. The molecule has 1 atom stereocenters. The number of nitrogens with two attached hydrogens (primary N) is 1. The molecule has 0 radical (unpaired) electrons. The predicted octanol–water partition coefficient (Wildman–Crippen LogP) is 1.87. The lowest BCUT2D eigenvalue weighted by Crippen LogP contribution is -2.26. The van der Waals surface area contributed by atoms with Crippen molar-refractivity contribution >= 4 is 23.2 Å². The third-order valence-electron chi connectivity index (χ3n) is 2.93. The van der Waals surface area contributed by atoms with Crippen molar-refractivity contribution in [1.29, 1.82) is 0 Å². The molecule has 6 heteroatoms. The fraction of sp³-hybridized carbons (Fsp3) is 0.500. The zero-order valence-electron chi connectivity index (χ0n) is 11.9. The van der Waals surface area contributed by atoms with Crippen molar-refractivity contribution in [3.63, 3.8) is 0 Å². The number of amides is 1. The zero-order chi connectivity index (χ0) is 15.0. The molecule has 0 spiro atoms. The molecule has 20 heavy (non-hydrogen) atoms. The van der Waals surface area contributed by atoms with Crippen LogP contribution in [0.5, 0.6) is 0 Å². The van der Waals surface area contributed by atoms with E-state index in [0.29, 0.717) is 23.7 Å². The van der Waals surface area contributed by atoms with Gasteiger partial charge in [-0.15, -0.1) is 0 Å². The Morgan fingerprint density at radius 2 is 2.25 bits per heavy atom. The summed E-state index contributed by atoms with van der Waals surface area (Å²) in [6.07, 6.45) is 1.82. The lowest BCUT2D eigenvalue weighted by molar-refractivity contribution is 0.0963. The molecular weight excluding hydrogens is 278 g/mol. The first-order chi connectivity index (χ1) is 9.62. The van der Waals surface area contributed by atoms with Crippen LogP contribution in [0.15, 0.2) is 18.2 Å². The predicted molar refractivity (Wildman–Crippen MR) is 82.4 cm³/mol. The number of nitrogens with one attached hydrogen (secondary N) is 2. The van der Waals surface area contributed by atoms with E-state index in [-0.39, 0.29) is 11.9 Å². The average Bonchev–Trinajstić information content (AvgIpc) is 2.46. The second-order valence-corrected chi connectivity index (χ2v) is 4.91. The second-order valence-electron chi connectivity index (χ2n) is 4.50. The Balaban J connectivity index is 2.81. The van der Waals surface area contributed by atoms with Crippen molar-refractivity contribution in [1.82, 2.24) is 5.32 Å². The van der Waals surface area contributed by atoms with Crippen molar-refractivity contribution in [3.8, 4) is 0 Å². The number of hydrogen-bond donors (Lipinski definition) is 3. The summed E-state index contributed by atoms with van der Waals surface area (Å²) >= 11 is 6.02.